The van der Waals surface area contributed by atoms with E-state index >= 15 is 0 Å². The van der Waals surface area contributed by atoms with Gasteiger partial charge in [-0.3, -0.25) is 0 Å². The highest BCUT2D eigenvalue weighted by Crippen LogP contribution is 2.29. The third-order valence-electron chi connectivity index (χ3n) is 3.20. The lowest BCUT2D eigenvalue weighted by Crippen LogP contribution is -2.22. The monoisotopic (exact) mass is 286 g/mol. The van der Waals surface area contributed by atoms with Crippen LogP contribution in [0.4, 0.5) is 4.39 Å². The molecule has 2 aromatic rings. The van der Waals surface area contributed by atoms with Crippen molar-refractivity contribution in [2.45, 2.75) is 12.5 Å². The number of hydrogen-bond donors (Lipinski definition) is 1. The molecule has 0 saturated heterocycles. The maximum Gasteiger partial charge on any atom is 0.339 e. The number of hydrogen-bond acceptors (Lipinski definition) is 4. The molecule has 0 unspecified atom stereocenters. The fourth-order valence-corrected chi connectivity index (χ4v) is 2.21. The quantitative estimate of drug-likeness (QED) is 0.877. The molecule has 6 heteroatoms. The van der Waals surface area contributed by atoms with Crippen molar-refractivity contribution in [3.8, 4) is 11.8 Å². The number of nitrogens with one attached hydrogen (secondary N) is 1. The van der Waals surface area contributed by atoms with Crippen LogP contribution in [0.15, 0.2) is 30.5 Å². The predicted octanol–water partition coefficient (Wildman–Crippen LogP) is 2.19. The molecule has 1 N–H and O–H groups in total. The van der Waals surface area contributed by atoms with E-state index in [2.05, 4.69) is 4.98 Å². The molecule has 2 heterocycles. The molecular formula is C15H11FN2O3. The van der Waals surface area contributed by atoms with E-state index in [1.165, 1.54) is 24.4 Å². The molecule has 0 amide bonds. The highest BCUT2D eigenvalue weighted by Gasteiger charge is 2.25. The molecule has 3 rings (SSSR count). The van der Waals surface area contributed by atoms with Crippen molar-refractivity contribution in [1.29, 1.82) is 5.26 Å². The first-order chi connectivity index (χ1) is 10.2. The first kappa shape index (κ1) is 13.2. The number of aromatic amines is 1. The zero-order valence-electron chi connectivity index (χ0n) is 10.9. The van der Waals surface area contributed by atoms with Crippen LogP contribution >= 0.6 is 0 Å². The van der Waals surface area contributed by atoms with Gasteiger partial charge in [-0.05, 0) is 24.3 Å². The highest BCUT2D eigenvalue weighted by atomic mass is 19.1. The van der Waals surface area contributed by atoms with Crippen LogP contribution in [0.25, 0.3) is 0 Å². The van der Waals surface area contributed by atoms with Crippen molar-refractivity contribution < 1.29 is 18.7 Å². The van der Waals surface area contributed by atoms with Gasteiger partial charge in [0, 0.05) is 18.2 Å². The number of carbonyl (C=O) groups is 1. The first-order valence-electron chi connectivity index (χ1n) is 6.36. The average molecular weight is 286 g/mol. The van der Waals surface area contributed by atoms with Crippen molar-refractivity contribution in [2.24, 2.45) is 0 Å². The highest BCUT2D eigenvalue weighted by molar-refractivity contribution is 5.89. The van der Waals surface area contributed by atoms with Crippen LogP contribution in [-0.4, -0.2) is 23.7 Å². The van der Waals surface area contributed by atoms with E-state index in [9.17, 15) is 9.18 Å². The fraction of sp³-hybridized carbons (Fsp3) is 0.200. The summed E-state index contributed by atoms with van der Waals surface area (Å²) >= 11 is 0. The van der Waals surface area contributed by atoms with Gasteiger partial charge in [-0.25, -0.2) is 9.18 Å². The van der Waals surface area contributed by atoms with Gasteiger partial charge in [0.25, 0.3) is 0 Å². The summed E-state index contributed by atoms with van der Waals surface area (Å²) in [6, 6.07) is 7.63. The number of H-pyrrole nitrogens is 1. The molecule has 5 nitrogen and oxygen atoms in total. The molecule has 21 heavy (non-hydrogen) atoms. The number of ether oxygens (including phenoxy) is 2. The van der Waals surface area contributed by atoms with Crippen molar-refractivity contribution in [1.82, 2.24) is 4.98 Å². The standard InChI is InChI=1S/C15H11FN2O3/c16-11-1-2-14-9(3-11)5-13(21-14)8-20-15(19)10-4-12(6-17)18-7-10/h1-4,7,13,18H,5,8H2/t13-/m1/s1. The Morgan fingerprint density at radius 3 is 3.14 bits per heavy atom. The SMILES string of the molecule is N#Cc1cc(C(=O)OC[C@H]2Cc3cc(F)ccc3O2)c[nH]1. The van der Waals surface area contributed by atoms with Gasteiger partial charge in [0.2, 0.25) is 0 Å². The summed E-state index contributed by atoms with van der Waals surface area (Å²) in [7, 11) is 0. The van der Waals surface area contributed by atoms with Gasteiger partial charge in [-0.1, -0.05) is 0 Å². The number of rotatable bonds is 3. The lowest BCUT2D eigenvalue weighted by molar-refractivity contribution is 0.0347. The number of esters is 1. The Balaban J connectivity index is 1.57. The number of carbonyl (C=O) groups excluding carboxylic acids is 1. The lowest BCUT2D eigenvalue weighted by atomic mass is 10.1. The third kappa shape index (κ3) is 2.72. The molecule has 0 aliphatic carbocycles. The number of halogens is 1. The second-order valence-corrected chi connectivity index (χ2v) is 4.71. The minimum Gasteiger partial charge on any atom is -0.486 e. The second kappa shape index (κ2) is 5.29. The van der Waals surface area contributed by atoms with E-state index in [0.717, 1.165) is 5.56 Å². The summed E-state index contributed by atoms with van der Waals surface area (Å²) in [6.07, 6.45) is 1.59. The van der Waals surface area contributed by atoms with Crippen molar-refractivity contribution in [3.63, 3.8) is 0 Å². The number of fused-ring (bicyclic) bond motifs is 1. The van der Waals surface area contributed by atoms with E-state index in [1.54, 1.807) is 6.07 Å². The second-order valence-electron chi connectivity index (χ2n) is 4.71. The Labute approximate surface area is 119 Å². The van der Waals surface area contributed by atoms with Crippen LogP contribution < -0.4 is 4.74 Å². The molecule has 1 aliphatic heterocycles. The minimum atomic E-state index is -0.529. The summed E-state index contributed by atoms with van der Waals surface area (Å²) in [6.45, 7) is 0.0716. The van der Waals surface area contributed by atoms with Crippen LogP contribution in [0, 0.1) is 17.1 Å². The molecule has 1 atom stereocenters. The fourth-order valence-electron chi connectivity index (χ4n) is 2.21. The maximum absolute atomic E-state index is 13.1. The van der Waals surface area contributed by atoms with Crippen LogP contribution in [0.5, 0.6) is 5.75 Å². The first-order valence-corrected chi connectivity index (χ1v) is 6.36. The third-order valence-corrected chi connectivity index (χ3v) is 3.20. The minimum absolute atomic E-state index is 0.0716. The number of aromatic nitrogens is 1. The van der Waals surface area contributed by atoms with Gasteiger partial charge >= 0.3 is 5.97 Å². The van der Waals surface area contributed by atoms with E-state index in [1.807, 2.05) is 6.07 Å². The van der Waals surface area contributed by atoms with Crippen molar-refractivity contribution in [2.75, 3.05) is 6.61 Å². The smallest absolute Gasteiger partial charge is 0.339 e. The molecule has 106 valence electrons. The number of nitrogens with zero attached hydrogens (tertiary/aromatic N) is 1. The van der Waals surface area contributed by atoms with Gasteiger partial charge < -0.3 is 14.5 Å². The summed E-state index contributed by atoms with van der Waals surface area (Å²) < 4.78 is 23.8. The molecule has 1 aromatic heterocycles. The summed E-state index contributed by atoms with van der Waals surface area (Å²) in [5.41, 5.74) is 1.35. The molecular weight excluding hydrogens is 275 g/mol. The van der Waals surface area contributed by atoms with Gasteiger partial charge in [0.1, 0.15) is 36.0 Å². The Bertz CT molecular complexity index is 733. The summed E-state index contributed by atoms with van der Waals surface area (Å²) in [4.78, 5) is 14.4. The molecule has 1 aromatic carbocycles. The Hall–Kier alpha value is -2.81. The van der Waals surface area contributed by atoms with Gasteiger partial charge in [0.05, 0.1) is 5.56 Å². The summed E-state index contributed by atoms with van der Waals surface area (Å²) in [5.74, 6) is -0.226. The lowest BCUT2D eigenvalue weighted by Gasteiger charge is -2.10. The molecule has 0 radical (unpaired) electrons. The van der Waals surface area contributed by atoms with E-state index < -0.39 is 5.97 Å². The molecule has 1 aliphatic rings. The number of nitriles is 1. The maximum atomic E-state index is 13.1. The largest absolute Gasteiger partial charge is 0.486 e. The van der Waals surface area contributed by atoms with Gasteiger partial charge in [-0.15, -0.1) is 0 Å². The van der Waals surface area contributed by atoms with Crippen LogP contribution in [-0.2, 0) is 11.2 Å². The molecule has 0 bridgehead atoms. The predicted molar refractivity (Wildman–Crippen MR) is 70.3 cm³/mol. The zero-order chi connectivity index (χ0) is 14.8. The Morgan fingerprint density at radius 1 is 1.52 bits per heavy atom. The van der Waals surface area contributed by atoms with Gasteiger partial charge in [0.15, 0.2) is 0 Å². The van der Waals surface area contributed by atoms with Crippen molar-refractivity contribution >= 4 is 5.97 Å². The molecule has 0 spiro atoms. The van der Waals surface area contributed by atoms with Crippen LogP contribution in [0.3, 0.4) is 0 Å². The van der Waals surface area contributed by atoms with E-state index in [4.69, 9.17) is 14.7 Å². The van der Waals surface area contributed by atoms with E-state index in [0.29, 0.717) is 17.9 Å². The summed E-state index contributed by atoms with van der Waals surface area (Å²) in [5, 5.41) is 8.67. The van der Waals surface area contributed by atoms with Crippen LogP contribution in [0.2, 0.25) is 0 Å². The Morgan fingerprint density at radius 2 is 2.38 bits per heavy atom. The average Bonchev–Trinajstić information content (AvgIpc) is 3.10. The van der Waals surface area contributed by atoms with Gasteiger partial charge in [-0.2, -0.15) is 5.26 Å². The molecule has 0 saturated carbocycles. The zero-order valence-corrected chi connectivity index (χ0v) is 10.9. The number of benzene rings is 1. The molecule has 0 fully saturated rings. The van der Waals surface area contributed by atoms with Crippen molar-refractivity contribution in [3.05, 3.63) is 53.1 Å². The Kier molecular flexibility index (Phi) is 3.32. The topological polar surface area (TPSA) is 75.1 Å². The normalized spacial score (nSPS) is 15.9. The van der Waals surface area contributed by atoms with E-state index in [-0.39, 0.29) is 24.1 Å². The van der Waals surface area contributed by atoms with Crippen LogP contribution in [0.1, 0.15) is 21.6 Å².